The zero-order chi connectivity index (χ0) is 27.9. The Labute approximate surface area is 222 Å². The van der Waals surface area contributed by atoms with Gasteiger partial charge in [0.2, 0.25) is 11.7 Å². The lowest BCUT2D eigenvalue weighted by Crippen LogP contribution is -2.26. The van der Waals surface area contributed by atoms with Crippen molar-refractivity contribution in [1.29, 1.82) is 0 Å². The van der Waals surface area contributed by atoms with Gasteiger partial charge in [0.25, 0.3) is 11.2 Å². The first-order valence-electron chi connectivity index (χ1n) is 11.7. The summed E-state index contributed by atoms with van der Waals surface area (Å²) in [5.41, 5.74) is 1.49. The molecule has 202 valence electrons. The molecule has 13 nitrogen and oxygen atoms in total. The van der Waals surface area contributed by atoms with Crippen LogP contribution in [0.25, 0.3) is 17.1 Å². The number of carbonyl (C=O) groups is 1. The molecule has 4 aromatic rings. The van der Waals surface area contributed by atoms with Gasteiger partial charge in [-0.2, -0.15) is 5.10 Å². The topological polar surface area (TPSA) is 153 Å². The third-order valence-corrected chi connectivity index (χ3v) is 5.86. The number of ether oxygens (including phenoxy) is 3. The number of benzene rings is 2. The van der Waals surface area contributed by atoms with Crippen LogP contribution in [0, 0.1) is 10.1 Å². The van der Waals surface area contributed by atoms with Gasteiger partial charge in [0.15, 0.2) is 17.1 Å². The number of nitrogens with one attached hydrogen (secondary N) is 1. The van der Waals surface area contributed by atoms with Crippen molar-refractivity contribution in [3.8, 4) is 17.2 Å². The molecule has 1 amide bonds. The normalized spacial score (nSPS) is 11.1. The summed E-state index contributed by atoms with van der Waals surface area (Å²) in [6.45, 7) is 0.758. The van der Waals surface area contributed by atoms with E-state index in [2.05, 4.69) is 15.4 Å². The van der Waals surface area contributed by atoms with Crippen molar-refractivity contribution in [3.63, 3.8) is 0 Å². The monoisotopic (exact) mass is 534 g/mol. The molecule has 0 bridgehead atoms. The van der Waals surface area contributed by atoms with Gasteiger partial charge in [-0.05, 0) is 29.3 Å². The van der Waals surface area contributed by atoms with Crippen molar-refractivity contribution in [2.45, 2.75) is 13.1 Å². The largest absolute Gasteiger partial charge is 0.493 e. The highest BCUT2D eigenvalue weighted by atomic mass is 16.6. The summed E-state index contributed by atoms with van der Waals surface area (Å²) in [5, 5.41) is 18.2. The van der Waals surface area contributed by atoms with Crippen LogP contribution in [0.1, 0.15) is 11.1 Å². The predicted octanol–water partition coefficient (Wildman–Crippen LogP) is 2.40. The molecule has 0 saturated heterocycles. The summed E-state index contributed by atoms with van der Waals surface area (Å²) in [4.78, 5) is 40.0. The molecule has 4 rings (SSSR count). The van der Waals surface area contributed by atoms with Gasteiger partial charge in [-0.3, -0.25) is 24.3 Å². The highest BCUT2D eigenvalue weighted by Gasteiger charge is 2.13. The van der Waals surface area contributed by atoms with Crippen LogP contribution in [0.5, 0.6) is 17.2 Å². The smallest absolute Gasteiger partial charge is 0.269 e. The van der Waals surface area contributed by atoms with Gasteiger partial charge in [0.1, 0.15) is 11.7 Å². The molecule has 1 N–H and O–H groups in total. The van der Waals surface area contributed by atoms with Crippen molar-refractivity contribution in [2.24, 2.45) is 0 Å². The molecule has 2 aromatic heterocycles. The predicted molar refractivity (Wildman–Crippen MR) is 142 cm³/mol. The van der Waals surface area contributed by atoms with Crippen molar-refractivity contribution in [1.82, 2.24) is 24.6 Å². The van der Waals surface area contributed by atoms with E-state index in [0.717, 1.165) is 5.56 Å². The highest BCUT2D eigenvalue weighted by Crippen LogP contribution is 2.38. The number of rotatable bonds is 11. The average Bonchev–Trinajstić information content (AvgIpc) is 3.36. The van der Waals surface area contributed by atoms with Crippen LogP contribution in [0.15, 0.2) is 59.8 Å². The van der Waals surface area contributed by atoms with Gasteiger partial charge in [0, 0.05) is 24.8 Å². The highest BCUT2D eigenvalue weighted by molar-refractivity contribution is 5.91. The summed E-state index contributed by atoms with van der Waals surface area (Å²) in [5.74, 6) is 1.09. The van der Waals surface area contributed by atoms with Gasteiger partial charge in [0.05, 0.1) is 45.5 Å². The molecule has 0 aliphatic carbocycles. The number of carbonyl (C=O) groups excluding carboxylic acids is 1. The zero-order valence-corrected chi connectivity index (χ0v) is 21.5. The number of amides is 1. The number of hydrogen-bond acceptors (Lipinski definition) is 9. The molecule has 0 saturated carbocycles. The van der Waals surface area contributed by atoms with E-state index in [9.17, 15) is 19.7 Å². The first-order chi connectivity index (χ1) is 18.8. The lowest BCUT2D eigenvalue weighted by Gasteiger charge is -2.12. The molecule has 13 heteroatoms. The average molecular weight is 535 g/mol. The van der Waals surface area contributed by atoms with Crippen molar-refractivity contribution in [3.05, 3.63) is 86.6 Å². The fourth-order valence-corrected chi connectivity index (χ4v) is 3.91. The summed E-state index contributed by atoms with van der Waals surface area (Å²) in [6.07, 6.45) is 5.85. The number of nitro benzene ring substituents is 1. The maximum absolute atomic E-state index is 12.9. The molecule has 2 heterocycles. The number of nitro groups is 1. The van der Waals surface area contributed by atoms with E-state index in [-0.39, 0.29) is 30.2 Å². The van der Waals surface area contributed by atoms with Gasteiger partial charge in [-0.15, -0.1) is 0 Å². The van der Waals surface area contributed by atoms with E-state index in [1.807, 2.05) is 0 Å². The number of hydrogen-bond donors (Lipinski definition) is 1. The van der Waals surface area contributed by atoms with Gasteiger partial charge >= 0.3 is 0 Å². The van der Waals surface area contributed by atoms with Crippen LogP contribution >= 0.6 is 0 Å². The summed E-state index contributed by atoms with van der Waals surface area (Å²) in [7, 11) is 4.54. The summed E-state index contributed by atoms with van der Waals surface area (Å²) in [6, 6.07) is 9.41. The molecule has 0 unspecified atom stereocenters. The van der Waals surface area contributed by atoms with Gasteiger partial charge in [-0.25, -0.2) is 9.67 Å². The van der Waals surface area contributed by atoms with Crippen molar-refractivity contribution in [2.75, 3.05) is 27.9 Å². The first-order valence-corrected chi connectivity index (χ1v) is 11.7. The molecule has 39 heavy (non-hydrogen) atoms. The van der Waals surface area contributed by atoms with E-state index in [4.69, 9.17) is 14.2 Å². The number of nitrogens with zero attached hydrogens (tertiary/aromatic N) is 5. The van der Waals surface area contributed by atoms with E-state index in [1.54, 1.807) is 30.3 Å². The minimum Gasteiger partial charge on any atom is -0.493 e. The van der Waals surface area contributed by atoms with Crippen LogP contribution in [-0.2, 0) is 17.9 Å². The second-order valence-electron chi connectivity index (χ2n) is 8.29. The summed E-state index contributed by atoms with van der Waals surface area (Å²) >= 11 is 0. The Morgan fingerprint density at radius 2 is 1.79 bits per heavy atom. The molecular weight excluding hydrogens is 508 g/mol. The lowest BCUT2D eigenvalue weighted by molar-refractivity contribution is -0.384. The van der Waals surface area contributed by atoms with Crippen LogP contribution < -0.4 is 25.1 Å². The van der Waals surface area contributed by atoms with E-state index in [0.29, 0.717) is 40.4 Å². The Kier molecular flexibility index (Phi) is 8.19. The minimum atomic E-state index is -0.480. The fraction of sp³-hybridized carbons (Fsp3) is 0.231. The van der Waals surface area contributed by atoms with E-state index in [1.165, 1.54) is 61.3 Å². The lowest BCUT2D eigenvalue weighted by atomic mass is 10.1. The Morgan fingerprint density at radius 3 is 2.41 bits per heavy atom. The Balaban J connectivity index is 1.38. The molecule has 0 aliphatic rings. The van der Waals surface area contributed by atoms with Crippen molar-refractivity contribution < 1.29 is 23.9 Å². The van der Waals surface area contributed by atoms with Crippen LogP contribution in [0.4, 0.5) is 5.69 Å². The van der Waals surface area contributed by atoms with Crippen LogP contribution in [0.3, 0.4) is 0 Å². The number of fused-ring (bicyclic) bond motifs is 1. The van der Waals surface area contributed by atoms with E-state index >= 15 is 0 Å². The maximum Gasteiger partial charge on any atom is 0.269 e. The van der Waals surface area contributed by atoms with Crippen molar-refractivity contribution >= 4 is 28.7 Å². The number of aromatic nitrogens is 4. The van der Waals surface area contributed by atoms with Crippen LogP contribution in [0.2, 0.25) is 0 Å². The number of non-ortho nitro benzene ring substituents is 1. The third kappa shape index (κ3) is 6.04. The fourth-order valence-electron chi connectivity index (χ4n) is 3.91. The third-order valence-electron chi connectivity index (χ3n) is 5.86. The zero-order valence-electron chi connectivity index (χ0n) is 21.5. The first kappa shape index (κ1) is 26.9. The Morgan fingerprint density at radius 1 is 1.10 bits per heavy atom. The standard InChI is InChI=1S/C26H26N6O7/c1-37-21-12-18(13-22(38-2)24(21)39-3)6-9-23(33)27-10-11-31-25-20(14-29-31)26(34)30(16-28-25)15-17-4-7-19(8-5-17)32(35)36/h4-9,12-14,16H,10-11,15H2,1-3H3,(H,27,33). The van der Waals surface area contributed by atoms with Gasteiger partial charge in [-0.1, -0.05) is 12.1 Å². The van der Waals surface area contributed by atoms with Gasteiger partial charge < -0.3 is 19.5 Å². The molecular formula is C26H26N6O7. The molecule has 0 fully saturated rings. The quantitative estimate of drug-likeness (QED) is 0.174. The second kappa shape index (κ2) is 11.9. The molecule has 0 spiro atoms. The molecule has 0 atom stereocenters. The maximum atomic E-state index is 12.9. The summed E-state index contributed by atoms with van der Waals surface area (Å²) < 4.78 is 18.9. The minimum absolute atomic E-state index is 0.0234. The SMILES string of the molecule is COc1cc(C=CC(=O)NCCn2ncc3c(=O)n(Cc4ccc([N+](=O)[O-])cc4)cnc32)cc(OC)c1OC. The number of methoxy groups -OCH3 is 3. The second-order valence-corrected chi connectivity index (χ2v) is 8.29. The Hall–Kier alpha value is -5.20. The van der Waals surface area contributed by atoms with E-state index < -0.39 is 4.92 Å². The Bertz CT molecular complexity index is 1570. The van der Waals surface area contributed by atoms with Crippen LogP contribution in [-0.4, -0.2) is 58.0 Å². The molecule has 2 aromatic carbocycles. The molecule has 0 aliphatic heterocycles. The molecule has 0 radical (unpaired) electrons.